The van der Waals surface area contributed by atoms with Crippen LogP contribution in [-0.2, 0) is 0 Å². The highest BCUT2D eigenvalue weighted by molar-refractivity contribution is 5.94. The predicted molar refractivity (Wildman–Crippen MR) is 56.6 cm³/mol. The van der Waals surface area contributed by atoms with Crippen molar-refractivity contribution < 1.29 is 9.90 Å². The Morgan fingerprint density at radius 1 is 1.36 bits per heavy atom. The van der Waals surface area contributed by atoms with Gasteiger partial charge in [-0.05, 0) is 37.6 Å². The summed E-state index contributed by atoms with van der Waals surface area (Å²) in [6, 6.07) is 7.33. The SMILES string of the molecule is CC(=O)c1ccc(NCCCO)cc1. The maximum absolute atomic E-state index is 11.0. The molecule has 0 unspecified atom stereocenters. The van der Waals surface area contributed by atoms with Gasteiger partial charge in [-0.15, -0.1) is 0 Å². The van der Waals surface area contributed by atoms with E-state index < -0.39 is 0 Å². The van der Waals surface area contributed by atoms with Crippen molar-refractivity contribution in [2.45, 2.75) is 13.3 Å². The number of anilines is 1. The van der Waals surface area contributed by atoms with Crippen molar-refractivity contribution in [3.63, 3.8) is 0 Å². The molecule has 0 heterocycles. The number of hydrogen-bond donors (Lipinski definition) is 2. The number of ketones is 1. The minimum atomic E-state index is 0.0758. The second-order valence-corrected chi connectivity index (χ2v) is 3.14. The van der Waals surface area contributed by atoms with Crippen LogP contribution in [0.4, 0.5) is 5.69 Å². The lowest BCUT2D eigenvalue weighted by molar-refractivity contribution is 0.101. The van der Waals surface area contributed by atoms with Crippen molar-refractivity contribution in [3.05, 3.63) is 29.8 Å². The third-order valence-corrected chi connectivity index (χ3v) is 1.96. The van der Waals surface area contributed by atoms with Crippen molar-refractivity contribution >= 4 is 11.5 Å². The number of nitrogens with one attached hydrogen (secondary N) is 1. The van der Waals surface area contributed by atoms with Gasteiger partial charge in [0, 0.05) is 24.4 Å². The summed E-state index contributed by atoms with van der Waals surface area (Å²) in [5.74, 6) is 0.0758. The average Bonchev–Trinajstić information content (AvgIpc) is 2.19. The first kappa shape index (κ1) is 10.7. The van der Waals surface area contributed by atoms with Crippen LogP contribution in [0.15, 0.2) is 24.3 Å². The fourth-order valence-electron chi connectivity index (χ4n) is 1.13. The Balaban J connectivity index is 2.51. The summed E-state index contributed by atoms with van der Waals surface area (Å²) in [5.41, 5.74) is 1.70. The molecule has 2 N–H and O–H groups in total. The van der Waals surface area contributed by atoms with Gasteiger partial charge in [0.25, 0.3) is 0 Å². The third kappa shape index (κ3) is 3.18. The molecule has 0 atom stereocenters. The van der Waals surface area contributed by atoms with E-state index in [9.17, 15) is 4.79 Å². The zero-order chi connectivity index (χ0) is 10.4. The molecule has 0 spiro atoms. The summed E-state index contributed by atoms with van der Waals surface area (Å²) in [6.07, 6.45) is 0.731. The number of carbonyl (C=O) groups is 1. The number of aliphatic hydroxyl groups excluding tert-OH is 1. The van der Waals surface area contributed by atoms with Gasteiger partial charge >= 0.3 is 0 Å². The Hall–Kier alpha value is -1.35. The third-order valence-electron chi connectivity index (χ3n) is 1.96. The molecule has 0 aliphatic carbocycles. The standard InChI is InChI=1S/C11H15NO2/c1-9(14)10-3-5-11(6-4-10)12-7-2-8-13/h3-6,12-13H,2,7-8H2,1H3. The average molecular weight is 193 g/mol. The summed E-state index contributed by atoms with van der Waals surface area (Å²) in [4.78, 5) is 11.0. The monoisotopic (exact) mass is 193 g/mol. The first-order valence-electron chi connectivity index (χ1n) is 4.70. The zero-order valence-corrected chi connectivity index (χ0v) is 8.29. The summed E-state index contributed by atoms with van der Waals surface area (Å²) < 4.78 is 0. The predicted octanol–water partition coefficient (Wildman–Crippen LogP) is 1.68. The molecule has 0 fully saturated rings. The molecule has 0 aromatic heterocycles. The highest BCUT2D eigenvalue weighted by Gasteiger charge is 1.97. The molecule has 0 amide bonds. The summed E-state index contributed by atoms with van der Waals surface area (Å²) >= 11 is 0. The molecule has 0 saturated heterocycles. The number of hydrogen-bond acceptors (Lipinski definition) is 3. The van der Waals surface area contributed by atoms with E-state index in [0.29, 0.717) is 0 Å². The van der Waals surface area contributed by atoms with E-state index in [-0.39, 0.29) is 12.4 Å². The van der Waals surface area contributed by atoms with Gasteiger partial charge in [-0.25, -0.2) is 0 Å². The maximum atomic E-state index is 11.0. The van der Waals surface area contributed by atoms with Crippen molar-refractivity contribution in [3.8, 4) is 0 Å². The van der Waals surface area contributed by atoms with Crippen LogP contribution < -0.4 is 5.32 Å². The lowest BCUT2D eigenvalue weighted by atomic mass is 10.1. The Kier molecular flexibility index (Phi) is 4.13. The van der Waals surface area contributed by atoms with Crippen LogP contribution in [0.3, 0.4) is 0 Å². The largest absolute Gasteiger partial charge is 0.396 e. The van der Waals surface area contributed by atoms with E-state index >= 15 is 0 Å². The van der Waals surface area contributed by atoms with Gasteiger partial charge in [-0.1, -0.05) is 0 Å². The highest BCUT2D eigenvalue weighted by atomic mass is 16.3. The van der Waals surface area contributed by atoms with E-state index in [1.54, 1.807) is 19.1 Å². The minimum absolute atomic E-state index is 0.0758. The van der Waals surface area contributed by atoms with Gasteiger partial charge in [0.1, 0.15) is 0 Å². The number of aliphatic hydroxyl groups is 1. The van der Waals surface area contributed by atoms with Gasteiger partial charge in [-0.2, -0.15) is 0 Å². The number of carbonyl (C=O) groups excluding carboxylic acids is 1. The van der Waals surface area contributed by atoms with E-state index in [0.717, 1.165) is 24.2 Å². The van der Waals surface area contributed by atoms with Crippen LogP contribution >= 0.6 is 0 Å². The lowest BCUT2D eigenvalue weighted by Gasteiger charge is -2.05. The molecule has 3 heteroatoms. The molecule has 76 valence electrons. The van der Waals surface area contributed by atoms with Gasteiger partial charge < -0.3 is 10.4 Å². The first-order valence-corrected chi connectivity index (χ1v) is 4.70. The van der Waals surface area contributed by atoms with Crippen LogP contribution in [-0.4, -0.2) is 24.0 Å². The second-order valence-electron chi connectivity index (χ2n) is 3.14. The second kappa shape index (κ2) is 5.40. The van der Waals surface area contributed by atoms with Gasteiger partial charge in [-0.3, -0.25) is 4.79 Å². The molecule has 0 saturated carbocycles. The summed E-state index contributed by atoms with van der Waals surface area (Å²) in [5, 5.41) is 11.7. The molecule has 0 bridgehead atoms. The Morgan fingerprint density at radius 3 is 2.50 bits per heavy atom. The van der Waals surface area contributed by atoms with Crippen LogP contribution in [0, 0.1) is 0 Å². The van der Waals surface area contributed by atoms with Gasteiger partial charge in [0.05, 0.1) is 0 Å². The van der Waals surface area contributed by atoms with E-state index in [4.69, 9.17) is 5.11 Å². The summed E-state index contributed by atoms with van der Waals surface area (Å²) in [7, 11) is 0. The minimum Gasteiger partial charge on any atom is -0.396 e. The molecule has 0 aliphatic heterocycles. The van der Waals surface area contributed by atoms with Crippen molar-refractivity contribution in [1.82, 2.24) is 0 Å². The molecule has 1 aromatic rings. The lowest BCUT2D eigenvalue weighted by Crippen LogP contribution is -2.03. The fourth-order valence-corrected chi connectivity index (χ4v) is 1.13. The smallest absolute Gasteiger partial charge is 0.159 e. The molecule has 0 aliphatic rings. The number of benzene rings is 1. The van der Waals surface area contributed by atoms with Gasteiger partial charge in [0.15, 0.2) is 5.78 Å². The molecule has 1 rings (SSSR count). The van der Waals surface area contributed by atoms with E-state index in [2.05, 4.69) is 5.32 Å². The molecular weight excluding hydrogens is 178 g/mol. The van der Waals surface area contributed by atoms with Crippen LogP contribution in [0.25, 0.3) is 0 Å². The normalized spacial score (nSPS) is 9.86. The van der Waals surface area contributed by atoms with Crippen LogP contribution in [0.5, 0.6) is 0 Å². The summed E-state index contributed by atoms with van der Waals surface area (Å²) in [6.45, 7) is 2.49. The van der Waals surface area contributed by atoms with Crippen molar-refractivity contribution in [2.75, 3.05) is 18.5 Å². The fraction of sp³-hybridized carbons (Fsp3) is 0.364. The van der Waals surface area contributed by atoms with Crippen LogP contribution in [0.1, 0.15) is 23.7 Å². The quantitative estimate of drug-likeness (QED) is 0.552. The zero-order valence-electron chi connectivity index (χ0n) is 8.29. The van der Waals surface area contributed by atoms with Gasteiger partial charge in [0.2, 0.25) is 0 Å². The maximum Gasteiger partial charge on any atom is 0.159 e. The molecule has 0 radical (unpaired) electrons. The number of rotatable bonds is 5. The molecular formula is C11H15NO2. The Morgan fingerprint density at radius 2 is 2.00 bits per heavy atom. The van der Waals surface area contributed by atoms with Crippen molar-refractivity contribution in [2.24, 2.45) is 0 Å². The van der Waals surface area contributed by atoms with Crippen LogP contribution in [0.2, 0.25) is 0 Å². The Labute approximate surface area is 83.8 Å². The first-order chi connectivity index (χ1) is 6.74. The topological polar surface area (TPSA) is 49.3 Å². The van der Waals surface area contributed by atoms with Crippen molar-refractivity contribution in [1.29, 1.82) is 0 Å². The van der Waals surface area contributed by atoms with E-state index in [1.807, 2.05) is 12.1 Å². The highest BCUT2D eigenvalue weighted by Crippen LogP contribution is 2.09. The molecule has 14 heavy (non-hydrogen) atoms. The number of Topliss-reactive ketones (excluding diaryl/α,β-unsaturated/α-hetero) is 1. The Bertz CT molecular complexity index is 293. The molecule has 3 nitrogen and oxygen atoms in total. The molecule has 1 aromatic carbocycles. The van der Waals surface area contributed by atoms with E-state index in [1.165, 1.54) is 0 Å².